The van der Waals surface area contributed by atoms with Crippen molar-refractivity contribution in [2.75, 3.05) is 0 Å². The minimum Gasteiger partial charge on any atom is -0.417 e. The Morgan fingerprint density at radius 1 is 0.247 bits per heavy atom. The Labute approximate surface area is 452 Å². The van der Waals surface area contributed by atoms with Crippen molar-refractivity contribution in [3.63, 3.8) is 0 Å². The lowest BCUT2D eigenvalue weighted by molar-refractivity contribution is -0.0253. The molecular weight excluding hydrogens is 1070 g/mol. The van der Waals surface area contributed by atoms with Gasteiger partial charge in [0.25, 0.3) is 0 Å². The third-order valence-corrected chi connectivity index (χ3v) is 63.5. The molecule has 8 atom stereocenters. The fraction of sp³-hybridized carbons (Fsp3) is 1.00. The predicted molar refractivity (Wildman–Crippen MR) is 303 cm³/mol. The van der Waals surface area contributed by atoms with Crippen molar-refractivity contribution >= 4 is 78.5 Å². The normalized spacial score (nSPS) is 44.7. The van der Waals surface area contributed by atoms with E-state index in [1.54, 1.807) is 0 Å². The van der Waals surface area contributed by atoms with Crippen LogP contribution in [0.3, 0.4) is 0 Å². The molecule has 15 aliphatic rings. The van der Waals surface area contributed by atoms with Gasteiger partial charge in [0.1, 0.15) is 0 Å². The van der Waals surface area contributed by atoms with Crippen LogP contribution in [0.2, 0.25) is 70.5 Å². The molecule has 416 valence electrons. The van der Waals surface area contributed by atoms with E-state index in [1.807, 2.05) is 0 Å². The summed E-state index contributed by atoms with van der Waals surface area (Å²) < 4.78 is 106. The SMILES string of the molecule is C[Si](C)(C)O[Si@@]1(C2CCCCC2)O[Si]2(C3CCCCC3)O[Si]3(C4CCCCC4)O[Si]4(C5CCCCC5)O[Si](C5CCCCC5)(O2)O[Si](C2CCCCC2)(O[Si](C2CCCCC2)(O3)O[Si@@](C)(C2CCCCC2)O4)O1. The second-order valence-electron chi connectivity index (χ2n) is 27.3. The molecule has 21 heteroatoms. The number of fused-ring (bicyclic) bond motifs is 4. The average molecular weight is 1170 g/mol. The lowest BCUT2D eigenvalue weighted by atomic mass is 10.0. The van der Waals surface area contributed by atoms with E-state index in [9.17, 15) is 0 Å². The second kappa shape index (κ2) is 22.3. The summed E-state index contributed by atoms with van der Waals surface area (Å²) in [6.45, 7) is 9.61. The molecule has 8 aliphatic carbocycles. The molecule has 7 saturated heterocycles. The molecule has 0 amide bonds. The molecule has 6 unspecified atom stereocenters. The first-order chi connectivity index (χ1) is 35.3. The molecule has 0 aromatic rings. The summed E-state index contributed by atoms with van der Waals surface area (Å²) >= 11 is 0. The summed E-state index contributed by atoms with van der Waals surface area (Å²) in [7, 11) is -34.1. The first-order valence-corrected chi connectivity index (χ1v) is 50.2. The molecule has 7 aliphatic heterocycles. The quantitative estimate of drug-likeness (QED) is 0.194. The highest BCUT2D eigenvalue weighted by Crippen LogP contribution is 2.64. The highest BCUT2D eigenvalue weighted by molar-refractivity contribution is 7.03. The van der Waals surface area contributed by atoms with E-state index < -0.39 is 78.5 Å². The van der Waals surface area contributed by atoms with Crippen LogP contribution in [0.15, 0.2) is 0 Å². The van der Waals surface area contributed by atoms with Crippen LogP contribution in [-0.4, -0.2) is 78.5 Å². The predicted octanol–water partition coefficient (Wildman–Crippen LogP) is 16.4. The highest BCUT2D eigenvalue weighted by Gasteiger charge is 2.85. The van der Waals surface area contributed by atoms with Crippen LogP contribution >= 0.6 is 0 Å². The maximum absolute atomic E-state index is 9.00. The van der Waals surface area contributed by atoms with Gasteiger partial charge in [0, 0.05) is 44.3 Å². The maximum Gasteiger partial charge on any atom is 0.482 e. The smallest absolute Gasteiger partial charge is 0.417 e. The van der Waals surface area contributed by atoms with Gasteiger partial charge in [-0.3, -0.25) is 0 Å². The first-order valence-electron chi connectivity index (χ1n) is 31.7. The van der Waals surface area contributed by atoms with Crippen molar-refractivity contribution in [3.05, 3.63) is 0 Å². The van der Waals surface area contributed by atoms with E-state index in [-0.39, 0.29) is 44.3 Å². The summed E-state index contributed by atoms with van der Waals surface area (Å²) in [5, 5.41) is 0. The molecule has 0 radical (unpaired) electrons. The monoisotopic (exact) mass is 1170 g/mol. The fourth-order valence-corrected chi connectivity index (χ4v) is 75.7. The van der Waals surface area contributed by atoms with Crippen LogP contribution in [-0.2, 0) is 49.4 Å². The standard InChI is InChI=1S/C52H100O12Si9/c1-65(2,3)53-67(46-31-15-6-16-32-46)56-70(49-37-21-9-22-38-49)58-68(47-33-17-7-18-34-47)54-66(4,45-29-13-5-14-30-45)55-69(48-35-19-8-20-36-48)60-72(59-68,51-41-25-11-26-42-51)63-71(57-67,50-39-23-10-24-40-50)64-73(61-69,62-70)52-43-27-12-28-44-52/h45-52H,5-44H2,1-4H3/t66-,67-,68?,69?,70?,71?,72?,73?/m1/s1. The van der Waals surface area contributed by atoms with Gasteiger partial charge in [-0.15, -0.1) is 0 Å². The molecular formula is C52H100O12Si9. The van der Waals surface area contributed by atoms with Crippen molar-refractivity contribution in [1.29, 1.82) is 0 Å². The second-order valence-corrected chi connectivity index (χ2v) is 58.3. The van der Waals surface area contributed by atoms with Crippen LogP contribution in [0.5, 0.6) is 0 Å². The van der Waals surface area contributed by atoms with Crippen LogP contribution in [0.1, 0.15) is 257 Å². The third-order valence-electron chi connectivity index (χ3n) is 20.8. The molecule has 0 spiro atoms. The number of rotatable bonds is 10. The van der Waals surface area contributed by atoms with Crippen LogP contribution in [0.4, 0.5) is 0 Å². The molecule has 0 aromatic heterocycles. The Kier molecular flexibility index (Phi) is 16.8. The molecule has 0 N–H and O–H groups in total. The summed E-state index contributed by atoms with van der Waals surface area (Å²) in [5.74, 6) is 0. The van der Waals surface area contributed by atoms with Crippen molar-refractivity contribution in [3.8, 4) is 0 Å². The van der Waals surface area contributed by atoms with Gasteiger partial charge in [-0.25, -0.2) is 0 Å². The van der Waals surface area contributed by atoms with Crippen LogP contribution in [0, 0.1) is 0 Å². The minimum absolute atomic E-state index is 0.0415. The molecule has 73 heavy (non-hydrogen) atoms. The molecule has 12 nitrogen and oxygen atoms in total. The summed E-state index contributed by atoms with van der Waals surface area (Å²) in [6, 6.07) is 0. The van der Waals surface area contributed by atoms with Gasteiger partial charge in [0.15, 0.2) is 8.32 Å². The first kappa shape index (κ1) is 55.0. The van der Waals surface area contributed by atoms with Gasteiger partial charge < -0.3 is 49.4 Å². The van der Waals surface area contributed by atoms with Crippen molar-refractivity contribution < 1.29 is 49.4 Å². The van der Waals surface area contributed by atoms with E-state index in [2.05, 4.69) is 26.2 Å². The van der Waals surface area contributed by atoms with Crippen LogP contribution in [0.25, 0.3) is 0 Å². The van der Waals surface area contributed by atoms with E-state index in [4.69, 9.17) is 49.4 Å². The molecule has 15 fully saturated rings. The molecule has 8 saturated carbocycles. The summed E-state index contributed by atoms with van der Waals surface area (Å²) in [5.41, 5.74) is 0.758. The number of hydrogen-bond donors (Lipinski definition) is 0. The van der Waals surface area contributed by atoms with Crippen LogP contribution < -0.4 is 0 Å². The molecule has 7 heterocycles. The Bertz CT molecular complexity index is 1810. The van der Waals surface area contributed by atoms with Gasteiger partial charge in [-0.2, -0.15) is 0 Å². The lowest BCUT2D eigenvalue weighted by Crippen LogP contribution is -2.88. The zero-order valence-electron chi connectivity index (χ0n) is 46.3. The van der Waals surface area contributed by atoms with Gasteiger partial charge in [-0.1, -0.05) is 154 Å². The topological polar surface area (TPSA) is 111 Å². The van der Waals surface area contributed by atoms with Crippen molar-refractivity contribution in [1.82, 2.24) is 0 Å². The fourth-order valence-electron chi connectivity index (χ4n) is 17.0. The molecule has 6 bridgehead atoms. The molecule has 15 rings (SSSR count). The van der Waals surface area contributed by atoms with Gasteiger partial charge in [0.05, 0.1) is 0 Å². The number of hydrogen-bond acceptors (Lipinski definition) is 12. The lowest BCUT2D eigenvalue weighted by Gasteiger charge is -2.66. The Morgan fingerprint density at radius 3 is 0.671 bits per heavy atom. The Balaban J connectivity index is 1.22. The molecule has 0 aromatic carbocycles. The van der Waals surface area contributed by atoms with Gasteiger partial charge in [0.2, 0.25) is 0 Å². The average Bonchev–Trinajstić information content (AvgIpc) is 3.41. The van der Waals surface area contributed by atoms with E-state index in [0.29, 0.717) is 0 Å². The zero-order chi connectivity index (χ0) is 49.9. The Morgan fingerprint density at radius 2 is 0.438 bits per heavy atom. The maximum atomic E-state index is 9.00. The highest BCUT2D eigenvalue weighted by atomic mass is 28.6. The van der Waals surface area contributed by atoms with E-state index in [0.717, 1.165) is 193 Å². The summed E-state index contributed by atoms with van der Waals surface area (Å²) in [6.07, 6.45) is 44.6. The van der Waals surface area contributed by atoms with Crippen molar-refractivity contribution in [2.45, 2.75) is 327 Å². The summed E-state index contributed by atoms with van der Waals surface area (Å²) in [4.78, 5) is 0. The Hall–Kier alpha value is 1.47. The van der Waals surface area contributed by atoms with Gasteiger partial charge in [-0.05, 0) is 129 Å². The van der Waals surface area contributed by atoms with E-state index >= 15 is 0 Å². The van der Waals surface area contributed by atoms with E-state index in [1.165, 1.54) is 64.2 Å². The third kappa shape index (κ3) is 10.9. The zero-order valence-corrected chi connectivity index (χ0v) is 55.3. The van der Waals surface area contributed by atoms with Gasteiger partial charge >= 0.3 is 70.2 Å². The minimum atomic E-state index is -4.15. The van der Waals surface area contributed by atoms with Crippen molar-refractivity contribution in [2.24, 2.45) is 0 Å². The largest absolute Gasteiger partial charge is 0.482 e.